The maximum Gasteiger partial charge on any atom is 0.206 e. The molecule has 0 bridgehead atoms. The highest BCUT2D eigenvalue weighted by molar-refractivity contribution is 8.01. The molecule has 1 heterocycles. The van der Waals surface area contributed by atoms with Gasteiger partial charge in [-0.25, -0.2) is 0 Å². The number of methoxy groups -OCH3 is 2. The van der Waals surface area contributed by atoms with Gasteiger partial charge in [0.05, 0.1) is 25.5 Å². The molecule has 0 amide bonds. The number of hydrogen-bond donors (Lipinski definition) is 1. The summed E-state index contributed by atoms with van der Waals surface area (Å²) in [6, 6.07) is 5.16. The minimum Gasteiger partial charge on any atom is -0.497 e. The van der Waals surface area contributed by atoms with E-state index >= 15 is 0 Å². The minimum absolute atomic E-state index is 0.0541. The molecule has 0 atom stereocenters. The molecule has 1 N–H and O–H groups in total. The summed E-state index contributed by atoms with van der Waals surface area (Å²) < 4.78 is 11.1. The molecule has 2 aromatic rings. The molecule has 1 aromatic carbocycles. The van der Waals surface area contributed by atoms with Crippen LogP contribution in [0.4, 0.5) is 5.13 Å². The first-order valence-corrected chi connectivity index (χ1v) is 8.54. The molecule has 0 saturated heterocycles. The Morgan fingerprint density at radius 1 is 1.39 bits per heavy atom. The Balaban J connectivity index is 2.01. The fourth-order valence-corrected chi connectivity index (χ4v) is 3.38. The number of nitrogens with one attached hydrogen (secondary N) is 1. The standard InChI is InChI=1S/C15H17N3O3S2/c1-4-7-16-14-17-18-15(23-14)22-9-12(19)11-8-10(20-2)5-6-13(11)21-3/h4-6,8H,1,7,9H2,2-3H3,(H,16,17). The second-order valence-electron chi connectivity index (χ2n) is 4.32. The van der Waals surface area contributed by atoms with Crippen molar-refractivity contribution in [2.75, 3.05) is 31.8 Å². The summed E-state index contributed by atoms with van der Waals surface area (Å²) in [7, 11) is 3.10. The van der Waals surface area contributed by atoms with Crippen LogP contribution >= 0.6 is 23.1 Å². The maximum absolute atomic E-state index is 12.4. The van der Waals surface area contributed by atoms with Crippen molar-refractivity contribution in [1.82, 2.24) is 10.2 Å². The Hall–Kier alpha value is -2.06. The number of rotatable bonds is 9. The van der Waals surface area contributed by atoms with Crippen LogP contribution in [0, 0.1) is 0 Å². The average Bonchev–Trinajstić information content (AvgIpc) is 3.05. The van der Waals surface area contributed by atoms with Crippen molar-refractivity contribution in [1.29, 1.82) is 0 Å². The van der Waals surface area contributed by atoms with Gasteiger partial charge in [0.1, 0.15) is 11.5 Å². The SMILES string of the molecule is C=CCNc1nnc(SCC(=O)c2cc(OC)ccc2OC)s1. The molecule has 0 radical (unpaired) electrons. The van der Waals surface area contributed by atoms with Gasteiger partial charge < -0.3 is 14.8 Å². The highest BCUT2D eigenvalue weighted by atomic mass is 32.2. The first kappa shape index (κ1) is 17.3. The predicted octanol–water partition coefficient (Wildman–Crippen LogP) is 3.13. The molecule has 1 aromatic heterocycles. The number of aromatic nitrogens is 2. The number of hydrogen-bond acceptors (Lipinski definition) is 8. The lowest BCUT2D eigenvalue weighted by Gasteiger charge is -2.09. The van der Waals surface area contributed by atoms with Crippen molar-refractivity contribution >= 4 is 34.0 Å². The van der Waals surface area contributed by atoms with Gasteiger partial charge in [-0.1, -0.05) is 29.2 Å². The summed E-state index contributed by atoms with van der Waals surface area (Å²) >= 11 is 2.74. The molecule has 6 nitrogen and oxygen atoms in total. The summed E-state index contributed by atoms with van der Waals surface area (Å²) in [5, 5.41) is 11.8. The van der Waals surface area contributed by atoms with E-state index < -0.39 is 0 Å². The van der Waals surface area contributed by atoms with Crippen LogP contribution in [0.5, 0.6) is 11.5 Å². The summed E-state index contributed by atoms with van der Waals surface area (Å²) in [6.07, 6.45) is 1.74. The number of benzene rings is 1. The van der Waals surface area contributed by atoms with Crippen LogP contribution in [0.1, 0.15) is 10.4 Å². The van der Waals surface area contributed by atoms with E-state index in [0.29, 0.717) is 28.7 Å². The number of ketones is 1. The molecule has 0 saturated carbocycles. The lowest BCUT2D eigenvalue weighted by molar-refractivity contribution is 0.101. The molecular weight excluding hydrogens is 334 g/mol. The number of carbonyl (C=O) groups is 1. The van der Waals surface area contributed by atoms with Crippen LogP contribution in [0.2, 0.25) is 0 Å². The van der Waals surface area contributed by atoms with E-state index in [9.17, 15) is 4.79 Å². The molecule has 8 heteroatoms. The van der Waals surface area contributed by atoms with E-state index in [2.05, 4.69) is 22.1 Å². The van der Waals surface area contributed by atoms with E-state index in [1.807, 2.05) is 0 Å². The molecule has 0 aliphatic carbocycles. The summed E-state index contributed by atoms with van der Waals surface area (Å²) in [4.78, 5) is 12.4. The van der Waals surface area contributed by atoms with E-state index in [-0.39, 0.29) is 11.5 Å². The molecular formula is C15H17N3O3S2. The van der Waals surface area contributed by atoms with Gasteiger partial charge >= 0.3 is 0 Å². The van der Waals surface area contributed by atoms with Crippen LogP contribution in [0.25, 0.3) is 0 Å². The Labute approximate surface area is 142 Å². The van der Waals surface area contributed by atoms with E-state index in [0.717, 1.165) is 4.34 Å². The third-order valence-electron chi connectivity index (χ3n) is 2.84. The van der Waals surface area contributed by atoms with E-state index in [1.165, 1.54) is 30.2 Å². The average molecular weight is 351 g/mol. The minimum atomic E-state index is -0.0541. The summed E-state index contributed by atoms with van der Waals surface area (Å²) in [5.74, 6) is 1.34. The second-order valence-corrected chi connectivity index (χ2v) is 6.52. The highest BCUT2D eigenvalue weighted by Crippen LogP contribution is 2.29. The van der Waals surface area contributed by atoms with Gasteiger partial charge in [-0.2, -0.15) is 0 Å². The number of carbonyl (C=O) groups excluding carboxylic acids is 1. The Kier molecular flexibility index (Phi) is 6.42. The van der Waals surface area contributed by atoms with Gasteiger partial charge in [0.2, 0.25) is 5.13 Å². The van der Waals surface area contributed by atoms with Gasteiger partial charge in [-0.05, 0) is 18.2 Å². The van der Waals surface area contributed by atoms with Gasteiger partial charge in [-0.15, -0.1) is 16.8 Å². The van der Waals surface area contributed by atoms with Gasteiger partial charge in [-0.3, -0.25) is 4.79 Å². The van der Waals surface area contributed by atoms with Crippen molar-refractivity contribution in [2.24, 2.45) is 0 Å². The third-order valence-corrected chi connectivity index (χ3v) is 4.85. The Morgan fingerprint density at radius 3 is 2.91 bits per heavy atom. The van der Waals surface area contributed by atoms with Crippen molar-refractivity contribution in [3.05, 3.63) is 36.4 Å². The largest absolute Gasteiger partial charge is 0.497 e. The molecule has 23 heavy (non-hydrogen) atoms. The van der Waals surface area contributed by atoms with Crippen LogP contribution in [0.3, 0.4) is 0 Å². The monoisotopic (exact) mass is 351 g/mol. The zero-order chi connectivity index (χ0) is 16.7. The molecule has 0 aliphatic rings. The first-order chi connectivity index (χ1) is 11.2. The lowest BCUT2D eigenvalue weighted by Crippen LogP contribution is -2.05. The number of anilines is 1. The summed E-state index contributed by atoms with van der Waals surface area (Å²) in [6.45, 7) is 4.25. The van der Waals surface area contributed by atoms with Crippen molar-refractivity contribution in [3.8, 4) is 11.5 Å². The first-order valence-electron chi connectivity index (χ1n) is 6.74. The van der Waals surface area contributed by atoms with Crippen molar-refractivity contribution in [2.45, 2.75) is 4.34 Å². The second kappa shape index (κ2) is 8.54. The summed E-state index contributed by atoms with van der Waals surface area (Å²) in [5.41, 5.74) is 0.494. The van der Waals surface area contributed by atoms with E-state index in [1.54, 1.807) is 31.4 Å². The number of thioether (sulfide) groups is 1. The fourth-order valence-electron chi connectivity index (χ4n) is 1.74. The molecule has 0 spiro atoms. The number of Topliss-reactive ketones (excluding diaryl/α,β-unsaturated/α-hetero) is 1. The number of nitrogens with zero attached hydrogens (tertiary/aromatic N) is 2. The van der Waals surface area contributed by atoms with Crippen LogP contribution in [-0.4, -0.2) is 42.5 Å². The Bertz CT molecular complexity index is 688. The molecule has 0 fully saturated rings. The molecule has 0 unspecified atom stereocenters. The topological polar surface area (TPSA) is 73.3 Å². The highest BCUT2D eigenvalue weighted by Gasteiger charge is 2.15. The maximum atomic E-state index is 12.4. The normalized spacial score (nSPS) is 10.2. The smallest absolute Gasteiger partial charge is 0.206 e. The van der Waals surface area contributed by atoms with Crippen LogP contribution < -0.4 is 14.8 Å². The van der Waals surface area contributed by atoms with Crippen LogP contribution in [-0.2, 0) is 0 Å². The molecule has 122 valence electrons. The molecule has 0 aliphatic heterocycles. The third kappa shape index (κ3) is 4.70. The van der Waals surface area contributed by atoms with Crippen molar-refractivity contribution in [3.63, 3.8) is 0 Å². The van der Waals surface area contributed by atoms with Crippen molar-refractivity contribution < 1.29 is 14.3 Å². The Morgan fingerprint density at radius 2 is 2.22 bits per heavy atom. The number of ether oxygens (including phenoxy) is 2. The van der Waals surface area contributed by atoms with E-state index in [4.69, 9.17) is 9.47 Å². The quantitative estimate of drug-likeness (QED) is 0.423. The predicted molar refractivity (Wildman–Crippen MR) is 93.2 cm³/mol. The lowest BCUT2D eigenvalue weighted by atomic mass is 10.1. The van der Waals surface area contributed by atoms with Gasteiger partial charge in [0.15, 0.2) is 10.1 Å². The van der Waals surface area contributed by atoms with Gasteiger partial charge in [0.25, 0.3) is 0 Å². The fraction of sp³-hybridized carbons (Fsp3) is 0.267. The zero-order valence-electron chi connectivity index (χ0n) is 12.9. The molecule has 2 rings (SSSR count). The zero-order valence-corrected chi connectivity index (χ0v) is 14.5. The van der Waals surface area contributed by atoms with Gasteiger partial charge in [0, 0.05) is 6.54 Å². The van der Waals surface area contributed by atoms with Crippen LogP contribution in [0.15, 0.2) is 35.2 Å².